The molecule has 0 spiro atoms. The van der Waals surface area contributed by atoms with E-state index in [0.29, 0.717) is 18.5 Å². The third kappa shape index (κ3) is 4.07. The highest BCUT2D eigenvalue weighted by atomic mass is 16.5. The number of carbonyl (C=O) groups is 2. The van der Waals surface area contributed by atoms with Gasteiger partial charge in [0.2, 0.25) is 5.91 Å². The minimum absolute atomic E-state index is 0.0432. The van der Waals surface area contributed by atoms with E-state index in [1.54, 1.807) is 12.1 Å². The van der Waals surface area contributed by atoms with Crippen LogP contribution >= 0.6 is 0 Å². The molecular weight excluding hydrogens is 280 g/mol. The average molecular weight is 304 g/mol. The van der Waals surface area contributed by atoms with Crippen molar-refractivity contribution >= 4 is 11.9 Å². The number of hydrogen-bond donors (Lipinski definition) is 2. The molecule has 1 fully saturated rings. The number of rotatable bonds is 5. The number of amides is 1. The molecule has 0 bridgehead atoms. The third-order valence-electron chi connectivity index (χ3n) is 4.27. The summed E-state index contributed by atoms with van der Waals surface area (Å²) in [6, 6.07) is 7.21. The molecular formula is C17H24N2O3. The number of nitrogens with two attached hydrogens (primary N) is 1. The van der Waals surface area contributed by atoms with E-state index in [1.807, 2.05) is 12.1 Å². The zero-order valence-corrected chi connectivity index (χ0v) is 13.1. The van der Waals surface area contributed by atoms with Gasteiger partial charge in [-0.05, 0) is 37.0 Å². The van der Waals surface area contributed by atoms with Gasteiger partial charge in [-0.1, -0.05) is 31.4 Å². The zero-order chi connectivity index (χ0) is 16.0. The summed E-state index contributed by atoms with van der Waals surface area (Å²) in [7, 11) is 1.36. The molecule has 0 unspecified atom stereocenters. The summed E-state index contributed by atoms with van der Waals surface area (Å²) in [5.41, 5.74) is 7.08. The van der Waals surface area contributed by atoms with E-state index in [4.69, 9.17) is 5.73 Å². The lowest BCUT2D eigenvalue weighted by Gasteiger charge is -2.31. The van der Waals surface area contributed by atoms with Crippen LogP contribution in [-0.4, -0.2) is 31.1 Å². The van der Waals surface area contributed by atoms with Crippen molar-refractivity contribution in [3.8, 4) is 0 Å². The average Bonchev–Trinajstić information content (AvgIpc) is 2.55. The van der Waals surface area contributed by atoms with E-state index >= 15 is 0 Å². The van der Waals surface area contributed by atoms with Gasteiger partial charge in [-0.3, -0.25) is 4.79 Å². The molecule has 0 heterocycles. The fourth-order valence-electron chi connectivity index (χ4n) is 2.83. The highest BCUT2D eigenvalue weighted by molar-refractivity contribution is 5.89. The Balaban J connectivity index is 1.80. The van der Waals surface area contributed by atoms with Gasteiger partial charge < -0.3 is 15.8 Å². The summed E-state index contributed by atoms with van der Waals surface area (Å²) in [6.45, 7) is 0.551. The predicted molar refractivity (Wildman–Crippen MR) is 84.5 cm³/mol. The smallest absolute Gasteiger partial charge is 0.337 e. The molecule has 0 saturated heterocycles. The van der Waals surface area contributed by atoms with Crippen LogP contribution in [0.1, 0.15) is 48.0 Å². The Hall–Kier alpha value is -1.88. The van der Waals surface area contributed by atoms with Gasteiger partial charge in [-0.15, -0.1) is 0 Å². The Morgan fingerprint density at radius 1 is 1.18 bits per heavy atom. The Bertz CT molecular complexity index is 519. The van der Waals surface area contributed by atoms with Crippen LogP contribution in [0.3, 0.4) is 0 Å². The van der Waals surface area contributed by atoms with Crippen molar-refractivity contribution in [2.24, 2.45) is 5.73 Å². The predicted octanol–water partition coefficient (Wildman–Crippen LogP) is 1.79. The molecule has 0 atom stereocenters. The number of methoxy groups -OCH3 is 1. The summed E-state index contributed by atoms with van der Waals surface area (Å²) >= 11 is 0. The molecule has 3 N–H and O–H groups in total. The van der Waals surface area contributed by atoms with Crippen LogP contribution in [0.15, 0.2) is 24.3 Å². The van der Waals surface area contributed by atoms with Gasteiger partial charge in [0.1, 0.15) is 0 Å². The van der Waals surface area contributed by atoms with Gasteiger partial charge in [-0.2, -0.15) is 0 Å². The highest BCUT2D eigenvalue weighted by Gasteiger charge is 2.34. The molecule has 5 heteroatoms. The first-order valence-electron chi connectivity index (χ1n) is 7.79. The quantitative estimate of drug-likeness (QED) is 0.813. The number of carbonyl (C=O) groups excluding carboxylic acids is 2. The van der Waals surface area contributed by atoms with Crippen molar-refractivity contribution in [2.75, 3.05) is 13.7 Å². The molecule has 1 aliphatic carbocycles. The summed E-state index contributed by atoms with van der Waals surface area (Å²) < 4.78 is 4.66. The van der Waals surface area contributed by atoms with Gasteiger partial charge in [0.05, 0.1) is 18.2 Å². The molecule has 5 nitrogen and oxygen atoms in total. The SMILES string of the molecule is COC(=O)c1ccc(CCNC(=O)C2(N)CCCCC2)cc1. The lowest BCUT2D eigenvalue weighted by atomic mass is 9.82. The Morgan fingerprint density at radius 2 is 1.82 bits per heavy atom. The number of nitrogens with one attached hydrogen (secondary N) is 1. The van der Waals surface area contributed by atoms with Crippen LogP contribution < -0.4 is 11.1 Å². The highest BCUT2D eigenvalue weighted by Crippen LogP contribution is 2.25. The van der Waals surface area contributed by atoms with Gasteiger partial charge in [0, 0.05) is 6.54 Å². The lowest BCUT2D eigenvalue weighted by Crippen LogP contribution is -2.55. The van der Waals surface area contributed by atoms with Crippen molar-refractivity contribution < 1.29 is 14.3 Å². The van der Waals surface area contributed by atoms with Gasteiger partial charge in [0.15, 0.2) is 0 Å². The number of ether oxygens (including phenoxy) is 1. The standard InChI is InChI=1S/C17H24N2O3/c1-22-15(20)14-7-5-13(6-8-14)9-12-19-16(21)17(18)10-3-2-4-11-17/h5-8H,2-4,9-12,18H2,1H3,(H,19,21). The molecule has 120 valence electrons. The zero-order valence-electron chi connectivity index (χ0n) is 13.1. The second-order valence-corrected chi connectivity index (χ2v) is 5.91. The van der Waals surface area contributed by atoms with Crippen molar-refractivity contribution in [2.45, 2.75) is 44.1 Å². The van der Waals surface area contributed by atoms with E-state index in [2.05, 4.69) is 10.1 Å². The Morgan fingerprint density at radius 3 is 2.41 bits per heavy atom. The normalized spacial score (nSPS) is 16.8. The second-order valence-electron chi connectivity index (χ2n) is 5.91. The first-order chi connectivity index (χ1) is 10.5. The maximum Gasteiger partial charge on any atom is 0.337 e. The fraction of sp³-hybridized carbons (Fsp3) is 0.529. The summed E-state index contributed by atoms with van der Waals surface area (Å²) in [5, 5.41) is 2.93. The maximum absolute atomic E-state index is 12.2. The number of hydrogen-bond acceptors (Lipinski definition) is 4. The van der Waals surface area contributed by atoms with Crippen molar-refractivity contribution in [1.29, 1.82) is 0 Å². The minimum atomic E-state index is -0.688. The van der Waals surface area contributed by atoms with Crippen molar-refractivity contribution in [1.82, 2.24) is 5.32 Å². The topological polar surface area (TPSA) is 81.4 Å². The van der Waals surface area contributed by atoms with Crippen LogP contribution in [0.4, 0.5) is 0 Å². The van der Waals surface area contributed by atoms with Crippen LogP contribution in [-0.2, 0) is 16.0 Å². The van der Waals surface area contributed by atoms with E-state index in [0.717, 1.165) is 31.2 Å². The summed E-state index contributed by atoms with van der Waals surface area (Å²) in [6.07, 6.45) is 5.47. The first kappa shape index (κ1) is 16.5. The second kappa shape index (κ2) is 7.40. The van der Waals surface area contributed by atoms with E-state index in [1.165, 1.54) is 13.5 Å². The van der Waals surface area contributed by atoms with Crippen LogP contribution in [0.5, 0.6) is 0 Å². The lowest BCUT2D eigenvalue weighted by molar-refractivity contribution is -0.127. The number of benzene rings is 1. The Kier molecular flexibility index (Phi) is 5.55. The first-order valence-corrected chi connectivity index (χ1v) is 7.79. The van der Waals surface area contributed by atoms with Gasteiger partial charge >= 0.3 is 5.97 Å². The third-order valence-corrected chi connectivity index (χ3v) is 4.27. The van der Waals surface area contributed by atoms with Crippen molar-refractivity contribution in [3.63, 3.8) is 0 Å². The van der Waals surface area contributed by atoms with Crippen LogP contribution in [0, 0.1) is 0 Å². The van der Waals surface area contributed by atoms with Crippen LogP contribution in [0.25, 0.3) is 0 Å². The molecule has 1 saturated carbocycles. The van der Waals surface area contributed by atoms with E-state index in [9.17, 15) is 9.59 Å². The maximum atomic E-state index is 12.2. The van der Waals surface area contributed by atoms with E-state index in [-0.39, 0.29) is 11.9 Å². The fourth-order valence-corrected chi connectivity index (χ4v) is 2.83. The molecule has 1 aromatic rings. The molecule has 1 aromatic carbocycles. The van der Waals surface area contributed by atoms with Gasteiger partial charge in [0.25, 0.3) is 0 Å². The monoisotopic (exact) mass is 304 g/mol. The molecule has 22 heavy (non-hydrogen) atoms. The molecule has 1 aliphatic rings. The molecule has 0 aliphatic heterocycles. The minimum Gasteiger partial charge on any atom is -0.465 e. The largest absolute Gasteiger partial charge is 0.465 e. The summed E-state index contributed by atoms with van der Waals surface area (Å²) in [4.78, 5) is 23.5. The van der Waals surface area contributed by atoms with Crippen molar-refractivity contribution in [3.05, 3.63) is 35.4 Å². The summed E-state index contributed by atoms with van der Waals surface area (Å²) in [5.74, 6) is -0.388. The molecule has 0 radical (unpaired) electrons. The molecule has 1 amide bonds. The Labute approximate surface area is 131 Å². The molecule has 0 aromatic heterocycles. The number of esters is 1. The van der Waals surface area contributed by atoms with Gasteiger partial charge in [-0.25, -0.2) is 4.79 Å². The molecule has 2 rings (SSSR count). The van der Waals surface area contributed by atoms with E-state index < -0.39 is 5.54 Å². The van der Waals surface area contributed by atoms with Crippen LogP contribution in [0.2, 0.25) is 0 Å².